The van der Waals surface area contributed by atoms with Crippen molar-refractivity contribution in [2.24, 2.45) is 0 Å². The second-order valence-electron chi connectivity index (χ2n) is 4.34. The molecule has 1 heterocycles. The highest BCUT2D eigenvalue weighted by Gasteiger charge is 2.12. The van der Waals surface area contributed by atoms with Crippen LogP contribution in [-0.2, 0) is 4.74 Å². The minimum atomic E-state index is 0.499. The van der Waals surface area contributed by atoms with Gasteiger partial charge in [0.15, 0.2) is 0 Å². The first-order valence-corrected chi connectivity index (χ1v) is 7.51. The Labute approximate surface area is 108 Å². The van der Waals surface area contributed by atoms with E-state index in [0.717, 1.165) is 18.1 Å². The van der Waals surface area contributed by atoms with E-state index in [0.29, 0.717) is 6.10 Å². The molecule has 2 rings (SSSR count). The van der Waals surface area contributed by atoms with Crippen LogP contribution >= 0.6 is 11.8 Å². The molecule has 0 saturated carbocycles. The van der Waals surface area contributed by atoms with Gasteiger partial charge in [0.25, 0.3) is 0 Å². The Kier molecular flexibility index (Phi) is 5.66. The lowest BCUT2D eigenvalue weighted by Crippen LogP contribution is -2.21. The van der Waals surface area contributed by atoms with Gasteiger partial charge >= 0.3 is 0 Å². The Morgan fingerprint density at radius 3 is 2.88 bits per heavy atom. The first kappa shape index (κ1) is 12.7. The molecule has 17 heavy (non-hydrogen) atoms. The zero-order valence-corrected chi connectivity index (χ0v) is 11.0. The third-order valence-electron chi connectivity index (χ3n) is 2.90. The number of thioether (sulfide) groups is 1. The van der Waals surface area contributed by atoms with Crippen LogP contribution in [0.1, 0.15) is 24.8 Å². The van der Waals surface area contributed by atoms with Crippen LogP contribution in [0.2, 0.25) is 0 Å². The summed E-state index contributed by atoms with van der Waals surface area (Å²) in [5.41, 5.74) is 1.28. The van der Waals surface area contributed by atoms with Gasteiger partial charge in [-0.05, 0) is 24.8 Å². The zero-order valence-electron chi connectivity index (χ0n) is 10.2. The van der Waals surface area contributed by atoms with Crippen molar-refractivity contribution in [3.05, 3.63) is 42.0 Å². The van der Waals surface area contributed by atoms with Crippen LogP contribution in [0, 0.1) is 0 Å². The third kappa shape index (κ3) is 4.97. The van der Waals surface area contributed by atoms with Gasteiger partial charge in [-0.25, -0.2) is 0 Å². The van der Waals surface area contributed by atoms with Gasteiger partial charge in [0, 0.05) is 18.1 Å². The summed E-state index contributed by atoms with van der Waals surface area (Å²) in [5, 5.41) is 0. The molecule has 1 aliphatic heterocycles. The first-order chi connectivity index (χ1) is 8.45. The van der Waals surface area contributed by atoms with Crippen molar-refractivity contribution in [1.82, 2.24) is 0 Å². The molecule has 0 bridgehead atoms. The molecule has 0 amide bonds. The highest BCUT2D eigenvalue weighted by atomic mass is 32.2. The first-order valence-electron chi connectivity index (χ1n) is 6.36. The highest BCUT2D eigenvalue weighted by molar-refractivity contribution is 7.99. The molecular formula is C15H20OS. The summed E-state index contributed by atoms with van der Waals surface area (Å²) in [6.45, 7) is 0.963. The molecule has 1 nitrogen and oxygen atoms in total. The molecule has 1 saturated heterocycles. The second kappa shape index (κ2) is 7.57. The maximum absolute atomic E-state index is 5.70. The topological polar surface area (TPSA) is 9.23 Å². The Hall–Kier alpha value is -0.730. The second-order valence-corrected chi connectivity index (χ2v) is 5.41. The number of hydrogen-bond donors (Lipinski definition) is 0. The number of benzene rings is 1. The zero-order chi connectivity index (χ0) is 11.8. The summed E-state index contributed by atoms with van der Waals surface area (Å²) in [6.07, 6.45) is 8.76. The number of rotatable bonds is 5. The maximum Gasteiger partial charge on any atom is 0.0665 e. The Morgan fingerprint density at radius 2 is 2.12 bits per heavy atom. The molecule has 1 aromatic rings. The molecule has 0 aliphatic carbocycles. The fraction of sp³-hybridized carbons (Fsp3) is 0.467. The van der Waals surface area contributed by atoms with E-state index < -0.39 is 0 Å². The molecule has 1 fully saturated rings. The van der Waals surface area contributed by atoms with Crippen molar-refractivity contribution >= 4 is 17.8 Å². The van der Waals surface area contributed by atoms with Crippen LogP contribution in [0.3, 0.4) is 0 Å². The smallest absolute Gasteiger partial charge is 0.0665 e. The predicted octanol–water partition coefficient (Wildman–Crippen LogP) is 4.00. The summed E-state index contributed by atoms with van der Waals surface area (Å²) in [5.74, 6) is 2.22. The van der Waals surface area contributed by atoms with Crippen LogP contribution < -0.4 is 0 Å². The fourth-order valence-corrected chi connectivity index (χ4v) is 2.85. The maximum atomic E-state index is 5.70. The Morgan fingerprint density at radius 1 is 1.24 bits per heavy atom. The summed E-state index contributed by atoms with van der Waals surface area (Å²) >= 11 is 1.97. The monoisotopic (exact) mass is 248 g/mol. The van der Waals surface area contributed by atoms with Crippen molar-refractivity contribution in [3.63, 3.8) is 0 Å². The molecule has 2 heteroatoms. The fourth-order valence-electron chi connectivity index (χ4n) is 1.95. The minimum absolute atomic E-state index is 0.499. The van der Waals surface area contributed by atoms with E-state index in [-0.39, 0.29) is 0 Å². The van der Waals surface area contributed by atoms with Gasteiger partial charge in [-0.2, -0.15) is 11.8 Å². The highest BCUT2D eigenvalue weighted by Crippen LogP contribution is 2.17. The van der Waals surface area contributed by atoms with Crippen molar-refractivity contribution in [2.75, 3.05) is 18.1 Å². The van der Waals surface area contributed by atoms with Gasteiger partial charge in [0.1, 0.15) is 0 Å². The van der Waals surface area contributed by atoms with Crippen LogP contribution in [-0.4, -0.2) is 24.2 Å². The van der Waals surface area contributed by atoms with E-state index in [1.165, 1.54) is 24.8 Å². The molecular weight excluding hydrogens is 228 g/mol. The Balaban J connectivity index is 1.61. The predicted molar refractivity (Wildman–Crippen MR) is 76.4 cm³/mol. The Bertz CT molecular complexity index is 328. The summed E-state index contributed by atoms with van der Waals surface area (Å²) < 4.78 is 5.70. The molecule has 1 unspecified atom stereocenters. The van der Waals surface area contributed by atoms with Crippen LogP contribution in [0.15, 0.2) is 36.4 Å². The van der Waals surface area contributed by atoms with Crippen LogP contribution in [0.5, 0.6) is 0 Å². The number of hydrogen-bond acceptors (Lipinski definition) is 2. The number of ether oxygens (including phenoxy) is 1. The van der Waals surface area contributed by atoms with Gasteiger partial charge in [0.2, 0.25) is 0 Å². The van der Waals surface area contributed by atoms with Gasteiger partial charge in [-0.15, -0.1) is 0 Å². The lowest BCUT2D eigenvalue weighted by Gasteiger charge is -2.21. The van der Waals surface area contributed by atoms with Crippen molar-refractivity contribution in [3.8, 4) is 0 Å². The minimum Gasteiger partial charge on any atom is -0.377 e. The van der Waals surface area contributed by atoms with E-state index in [4.69, 9.17) is 4.74 Å². The molecule has 0 spiro atoms. The average molecular weight is 248 g/mol. The quantitative estimate of drug-likeness (QED) is 0.728. The largest absolute Gasteiger partial charge is 0.377 e. The molecule has 92 valence electrons. The summed E-state index contributed by atoms with van der Waals surface area (Å²) in [7, 11) is 0. The van der Waals surface area contributed by atoms with Gasteiger partial charge < -0.3 is 4.74 Å². The van der Waals surface area contributed by atoms with Crippen LogP contribution in [0.4, 0.5) is 0 Å². The summed E-state index contributed by atoms with van der Waals surface area (Å²) in [6, 6.07) is 10.5. The van der Waals surface area contributed by atoms with E-state index in [1.807, 2.05) is 17.8 Å². The van der Waals surface area contributed by atoms with Gasteiger partial charge in [-0.3, -0.25) is 0 Å². The normalized spacial score (nSPS) is 20.8. The standard InChI is InChI=1S/C15H20OS/c1-2-7-14(8-3-1)9-6-12-17-13-15-10-4-5-11-16-15/h1-3,6-9,15H,4-5,10-13H2/b9-6+. The van der Waals surface area contributed by atoms with Crippen molar-refractivity contribution in [2.45, 2.75) is 25.4 Å². The van der Waals surface area contributed by atoms with E-state index >= 15 is 0 Å². The SMILES string of the molecule is C(=C\c1ccccc1)/CSCC1CCCCO1. The molecule has 1 aliphatic rings. The van der Waals surface area contributed by atoms with Gasteiger partial charge in [-0.1, -0.05) is 42.5 Å². The molecule has 1 atom stereocenters. The van der Waals surface area contributed by atoms with Crippen molar-refractivity contribution < 1.29 is 4.74 Å². The molecule has 0 N–H and O–H groups in total. The molecule has 1 aromatic carbocycles. The molecule has 0 aromatic heterocycles. The average Bonchev–Trinajstić information content (AvgIpc) is 2.41. The molecule has 0 radical (unpaired) electrons. The van der Waals surface area contributed by atoms with Gasteiger partial charge in [0.05, 0.1) is 6.10 Å². The lowest BCUT2D eigenvalue weighted by atomic mass is 10.1. The summed E-state index contributed by atoms with van der Waals surface area (Å²) in [4.78, 5) is 0. The van der Waals surface area contributed by atoms with E-state index in [2.05, 4.69) is 36.4 Å². The third-order valence-corrected chi connectivity index (χ3v) is 3.94. The van der Waals surface area contributed by atoms with Crippen molar-refractivity contribution in [1.29, 1.82) is 0 Å². The lowest BCUT2D eigenvalue weighted by molar-refractivity contribution is 0.0315. The van der Waals surface area contributed by atoms with E-state index in [9.17, 15) is 0 Å². The van der Waals surface area contributed by atoms with Crippen LogP contribution in [0.25, 0.3) is 6.08 Å². The van der Waals surface area contributed by atoms with E-state index in [1.54, 1.807) is 0 Å².